The number of methoxy groups -OCH3 is 1. The molecule has 4 nitrogen and oxygen atoms in total. The Labute approximate surface area is 122 Å². The molecule has 1 unspecified atom stereocenters. The molecule has 0 saturated carbocycles. The van der Waals surface area contributed by atoms with Crippen LogP contribution in [0.3, 0.4) is 0 Å². The molecule has 2 N–H and O–H groups in total. The lowest BCUT2D eigenvalue weighted by molar-refractivity contribution is 0.0816. The highest BCUT2D eigenvalue weighted by Crippen LogP contribution is 2.25. The zero-order chi connectivity index (χ0) is 15.0. The lowest BCUT2D eigenvalue weighted by Crippen LogP contribution is -2.19. The molecule has 0 fully saturated rings. The maximum Gasteiger partial charge on any atom is 0.122 e. The van der Waals surface area contributed by atoms with Gasteiger partial charge in [0.1, 0.15) is 18.1 Å². The van der Waals surface area contributed by atoms with Gasteiger partial charge in [0, 0.05) is 12.6 Å². The Bertz CT molecular complexity index is 391. The van der Waals surface area contributed by atoms with Crippen LogP contribution in [-0.4, -0.2) is 33.0 Å². The second kappa shape index (κ2) is 8.82. The fourth-order valence-electron chi connectivity index (χ4n) is 1.86. The minimum Gasteiger partial charge on any atom is -0.497 e. The molecule has 1 atom stereocenters. The highest BCUT2D eigenvalue weighted by molar-refractivity contribution is 5.40. The number of benzene rings is 1. The van der Waals surface area contributed by atoms with Gasteiger partial charge in [0.15, 0.2) is 0 Å². The zero-order valence-corrected chi connectivity index (χ0v) is 13.0. The summed E-state index contributed by atoms with van der Waals surface area (Å²) in [6, 6.07) is 5.89. The van der Waals surface area contributed by atoms with Gasteiger partial charge in [0.05, 0.1) is 13.7 Å². The van der Waals surface area contributed by atoms with Gasteiger partial charge in [-0.25, -0.2) is 0 Å². The Hall–Kier alpha value is -1.26. The zero-order valence-electron chi connectivity index (χ0n) is 13.0. The summed E-state index contributed by atoms with van der Waals surface area (Å²) in [7, 11) is 1.66. The Kier molecular flexibility index (Phi) is 7.41. The van der Waals surface area contributed by atoms with E-state index in [1.807, 2.05) is 25.1 Å². The number of ether oxygens (including phenoxy) is 3. The molecule has 0 aromatic heterocycles. The predicted octanol–water partition coefficient (Wildman–Crippen LogP) is 2.64. The third kappa shape index (κ3) is 6.26. The molecular weight excluding hydrogens is 254 g/mol. The fourth-order valence-corrected chi connectivity index (χ4v) is 1.86. The molecule has 20 heavy (non-hydrogen) atoms. The van der Waals surface area contributed by atoms with Crippen molar-refractivity contribution >= 4 is 0 Å². The SMILES string of the molecule is COc1ccc(OCCOCC(C)C)c(CC(C)N)c1. The summed E-state index contributed by atoms with van der Waals surface area (Å²) in [6.45, 7) is 8.15. The van der Waals surface area contributed by atoms with Gasteiger partial charge in [-0.05, 0) is 43.0 Å². The molecule has 0 amide bonds. The fraction of sp³-hybridized carbons (Fsp3) is 0.625. The van der Waals surface area contributed by atoms with Crippen molar-refractivity contribution in [2.45, 2.75) is 33.2 Å². The molecule has 0 saturated heterocycles. The van der Waals surface area contributed by atoms with Gasteiger partial charge >= 0.3 is 0 Å². The van der Waals surface area contributed by atoms with Crippen LogP contribution in [0.4, 0.5) is 0 Å². The third-order valence-electron chi connectivity index (χ3n) is 2.75. The van der Waals surface area contributed by atoms with Crippen LogP contribution in [0, 0.1) is 5.92 Å². The molecule has 0 aliphatic carbocycles. The van der Waals surface area contributed by atoms with E-state index in [0.717, 1.165) is 30.1 Å². The molecule has 0 heterocycles. The van der Waals surface area contributed by atoms with E-state index in [0.29, 0.717) is 19.1 Å². The molecule has 1 rings (SSSR count). The van der Waals surface area contributed by atoms with Crippen LogP contribution in [0.25, 0.3) is 0 Å². The van der Waals surface area contributed by atoms with Gasteiger partial charge in [0.2, 0.25) is 0 Å². The monoisotopic (exact) mass is 281 g/mol. The molecule has 0 radical (unpaired) electrons. The smallest absolute Gasteiger partial charge is 0.122 e. The Morgan fingerprint density at radius 2 is 1.90 bits per heavy atom. The molecule has 4 heteroatoms. The highest BCUT2D eigenvalue weighted by Gasteiger charge is 2.08. The second-order valence-electron chi connectivity index (χ2n) is 5.47. The Morgan fingerprint density at radius 1 is 1.15 bits per heavy atom. The third-order valence-corrected chi connectivity index (χ3v) is 2.75. The summed E-state index contributed by atoms with van der Waals surface area (Å²) < 4.78 is 16.5. The van der Waals surface area contributed by atoms with Gasteiger partial charge < -0.3 is 19.9 Å². The van der Waals surface area contributed by atoms with Crippen LogP contribution in [0.15, 0.2) is 18.2 Å². The first-order valence-electron chi connectivity index (χ1n) is 7.16. The lowest BCUT2D eigenvalue weighted by atomic mass is 10.1. The molecule has 0 bridgehead atoms. The summed E-state index contributed by atoms with van der Waals surface area (Å²) >= 11 is 0. The van der Waals surface area contributed by atoms with Crippen molar-refractivity contribution in [1.82, 2.24) is 0 Å². The van der Waals surface area contributed by atoms with Crippen molar-refractivity contribution in [2.24, 2.45) is 11.7 Å². The summed E-state index contributed by atoms with van der Waals surface area (Å²) in [4.78, 5) is 0. The van der Waals surface area contributed by atoms with E-state index in [9.17, 15) is 0 Å². The molecule has 0 aliphatic rings. The minimum absolute atomic E-state index is 0.0849. The van der Waals surface area contributed by atoms with E-state index < -0.39 is 0 Å². The number of rotatable bonds is 9. The molecule has 0 aliphatic heterocycles. The normalized spacial score (nSPS) is 12.5. The van der Waals surface area contributed by atoms with Crippen molar-refractivity contribution < 1.29 is 14.2 Å². The highest BCUT2D eigenvalue weighted by atomic mass is 16.5. The number of hydrogen-bond donors (Lipinski definition) is 1. The van der Waals surface area contributed by atoms with Gasteiger partial charge in [-0.2, -0.15) is 0 Å². The Morgan fingerprint density at radius 3 is 2.50 bits per heavy atom. The van der Waals surface area contributed by atoms with Gasteiger partial charge in [-0.3, -0.25) is 0 Å². The van der Waals surface area contributed by atoms with Crippen molar-refractivity contribution in [3.05, 3.63) is 23.8 Å². The van der Waals surface area contributed by atoms with Crippen LogP contribution in [-0.2, 0) is 11.2 Å². The standard InChI is InChI=1S/C16H27NO3/c1-12(2)11-19-7-8-20-16-6-5-15(18-4)10-14(16)9-13(3)17/h5-6,10,12-13H,7-9,11,17H2,1-4H3. The minimum atomic E-state index is 0.0849. The van der Waals surface area contributed by atoms with Gasteiger partial charge in [-0.15, -0.1) is 0 Å². The van der Waals surface area contributed by atoms with E-state index in [4.69, 9.17) is 19.9 Å². The number of hydrogen-bond acceptors (Lipinski definition) is 4. The molecule has 1 aromatic carbocycles. The maximum atomic E-state index is 5.87. The van der Waals surface area contributed by atoms with E-state index in [1.54, 1.807) is 7.11 Å². The van der Waals surface area contributed by atoms with Crippen molar-refractivity contribution in [3.63, 3.8) is 0 Å². The van der Waals surface area contributed by atoms with Crippen molar-refractivity contribution in [2.75, 3.05) is 26.9 Å². The van der Waals surface area contributed by atoms with Crippen LogP contribution in [0.2, 0.25) is 0 Å². The quantitative estimate of drug-likeness (QED) is 0.707. The summed E-state index contributed by atoms with van der Waals surface area (Å²) in [5, 5.41) is 0. The van der Waals surface area contributed by atoms with Crippen LogP contribution in [0.5, 0.6) is 11.5 Å². The first-order chi connectivity index (χ1) is 9.52. The largest absolute Gasteiger partial charge is 0.497 e. The predicted molar refractivity (Wildman–Crippen MR) is 81.5 cm³/mol. The molecular formula is C16H27NO3. The van der Waals surface area contributed by atoms with Crippen molar-refractivity contribution in [3.8, 4) is 11.5 Å². The first-order valence-corrected chi connectivity index (χ1v) is 7.16. The summed E-state index contributed by atoms with van der Waals surface area (Å²) in [5.41, 5.74) is 6.95. The molecule has 1 aromatic rings. The van der Waals surface area contributed by atoms with E-state index >= 15 is 0 Å². The van der Waals surface area contributed by atoms with Crippen LogP contribution in [0.1, 0.15) is 26.3 Å². The van der Waals surface area contributed by atoms with Crippen LogP contribution < -0.4 is 15.2 Å². The van der Waals surface area contributed by atoms with Gasteiger partial charge in [0.25, 0.3) is 0 Å². The average molecular weight is 281 g/mol. The first kappa shape index (κ1) is 16.8. The van der Waals surface area contributed by atoms with E-state index in [2.05, 4.69) is 13.8 Å². The molecule has 114 valence electrons. The lowest BCUT2D eigenvalue weighted by Gasteiger charge is -2.15. The van der Waals surface area contributed by atoms with E-state index in [-0.39, 0.29) is 6.04 Å². The Balaban J connectivity index is 2.54. The molecule has 0 spiro atoms. The van der Waals surface area contributed by atoms with Crippen molar-refractivity contribution in [1.29, 1.82) is 0 Å². The van der Waals surface area contributed by atoms with Crippen LogP contribution >= 0.6 is 0 Å². The summed E-state index contributed by atoms with van der Waals surface area (Å²) in [5.74, 6) is 2.23. The van der Waals surface area contributed by atoms with E-state index in [1.165, 1.54) is 0 Å². The topological polar surface area (TPSA) is 53.7 Å². The summed E-state index contributed by atoms with van der Waals surface area (Å²) in [6.07, 6.45) is 0.763. The average Bonchev–Trinajstić information content (AvgIpc) is 2.38. The second-order valence-corrected chi connectivity index (χ2v) is 5.47. The maximum absolute atomic E-state index is 5.87. The van der Waals surface area contributed by atoms with Gasteiger partial charge in [-0.1, -0.05) is 13.8 Å². The number of nitrogens with two attached hydrogens (primary N) is 1.